The number of benzene rings is 2. The molecule has 0 unspecified atom stereocenters. The van der Waals surface area contributed by atoms with Crippen LogP contribution in [0.15, 0.2) is 41.3 Å². The number of methoxy groups -OCH3 is 2. The van der Waals surface area contributed by atoms with E-state index in [9.17, 15) is 8.42 Å². The highest BCUT2D eigenvalue weighted by Gasteiger charge is 2.16. The largest absolute Gasteiger partial charge is 0.493 e. The number of nitrogens with one attached hydrogen (secondary N) is 1. The van der Waals surface area contributed by atoms with E-state index in [1.807, 2.05) is 0 Å². The van der Waals surface area contributed by atoms with Crippen LogP contribution in [0.2, 0.25) is 0 Å². The van der Waals surface area contributed by atoms with Crippen LogP contribution >= 0.6 is 0 Å². The van der Waals surface area contributed by atoms with E-state index in [2.05, 4.69) is 16.6 Å². The van der Waals surface area contributed by atoms with E-state index < -0.39 is 10.0 Å². The molecule has 3 rings (SSSR count). The maximum atomic E-state index is 12.3. The van der Waals surface area contributed by atoms with Gasteiger partial charge in [-0.2, -0.15) is 4.72 Å². The summed E-state index contributed by atoms with van der Waals surface area (Å²) in [7, 11) is -0.808. The van der Waals surface area contributed by atoms with Crippen molar-refractivity contribution >= 4 is 10.0 Å². The van der Waals surface area contributed by atoms with Crippen LogP contribution in [0, 0.1) is 11.8 Å². The number of hydrogen-bond acceptors (Lipinski definition) is 7. The molecule has 0 spiro atoms. The van der Waals surface area contributed by atoms with Crippen molar-refractivity contribution in [3.63, 3.8) is 0 Å². The Bertz CT molecular complexity index is 1010. The Morgan fingerprint density at radius 2 is 1.79 bits per heavy atom. The summed E-state index contributed by atoms with van der Waals surface area (Å²) in [4.78, 5) is 0.0589. The van der Waals surface area contributed by atoms with Crippen LogP contribution < -0.4 is 28.4 Å². The van der Waals surface area contributed by atoms with Crippen molar-refractivity contribution in [1.82, 2.24) is 4.72 Å². The van der Waals surface area contributed by atoms with Gasteiger partial charge in [0.15, 0.2) is 23.0 Å². The third kappa shape index (κ3) is 4.60. The minimum absolute atomic E-state index is 0.0544. The van der Waals surface area contributed by atoms with E-state index >= 15 is 0 Å². The normalized spacial score (nSPS) is 12.1. The van der Waals surface area contributed by atoms with Gasteiger partial charge in [0.2, 0.25) is 16.8 Å². The van der Waals surface area contributed by atoms with Gasteiger partial charge in [0.1, 0.15) is 12.4 Å². The monoisotopic (exact) mass is 405 g/mol. The second-order valence-corrected chi connectivity index (χ2v) is 7.27. The van der Waals surface area contributed by atoms with Crippen molar-refractivity contribution < 1.29 is 32.1 Å². The molecule has 0 bridgehead atoms. The fourth-order valence-corrected chi connectivity index (χ4v) is 3.34. The summed E-state index contributed by atoms with van der Waals surface area (Å²) in [5.41, 5.74) is 0. The molecule has 0 aromatic heterocycles. The zero-order chi connectivity index (χ0) is 20.0. The van der Waals surface area contributed by atoms with Gasteiger partial charge in [0, 0.05) is 12.1 Å². The first-order valence-corrected chi connectivity index (χ1v) is 9.71. The lowest BCUT2D eigenvalue weighted by molar-refractivity contribution is 0.174. The standard InChI is InChI=1S/C19H19NO7S/c1-23-16-8-6-15(12-18(16)24-2)28(21,22)20-9-3-4-10-25-14-5-7-17-19(11-14)27-13-26-17/h5-8,11-12,20H,9-10,13H2,1-2H3. The molecule has 1 aliphatic heterocycles. The molecule has 1 N–H and O–H groups in total. The van der Waals surface area contributed by atoms with E-state index in [1.165, 1.54) is 32.4 Å². The van der Waals surface area contributed by atoms with Crippen molar-refractivity contribution in [2.75, 3.05) is 34.2 Å². The van der Waals surface area contributed by atoms with Crippen LogP contribution in [0.1, 0.15) is 0 Å². The number of hydrogen-bond donors (Lipinski definition) is 1. The Morgan fingerprint density at radius 1 is 1.00 bits per heavy atom. The predicted molar refractivity (Wildman–Crippen MR) is 101 cm³/mol. The molecule has 2 aromatic rings. The Labute approximate surface area is 163 Å². The Balaban J connectivity index is 1.52. The maximum Gasteiger partial charge on any atom is 0.241 e. The Kier molecular flexibility index (Phi) is 6.13. The lowest BCUT2D eigenvalue weighted by atomic mass is 10.3. The zero-order valence-corrected chi connectivity index (χ0v) is 16.2. The first-order valence-electron chi connectivity index (χ1n) is 8.23. The molecule has 0 saturated carbocycles. The number of rotatable bonds is 7. The molecule has 148 valence electrons. The summed E-state index contributed by atoms with van der Waals surface area (Å²) in [5.74, 6) is 8.11. The molecule has 28 heavy (non-hydrogen) atoms. The van der Waals surface area contributed by atoms with Crippen molar-refractivity contribution in [2.45, 2.75) is 4.90 Å². The van der Waals surface area contributed by atoms with E-state index in [1.54, 1.807) is 18.2 Å². The van der Waals surface area contributed by atoms with Crippen molar-refractivity contribution in [3.8, 4) is 40.6 Å². The lowest BCUT2D eigenvalue weighted by Gasteiger charge is -2.10. The molecular weight excluding hydrogens is 386 g/mol. The second kappa shape index (κ2) is 8.73. The number of sulfonamides is 1. The van der Waals surface area contributed by atoms with Crippen molar-refractivity contribution in [2.24, 2.45) is 0 Å². The highest BCUT2D eigenvalue weighted by atomic mass is 32.2. The van der Waals surface area contributed by atoms with Crippen LogP contribution in [-0.4, -0.2) is 42.6 Å². The minimum atomic E-state index is -3.72. The van der Waals surface area contributed by atoms with E-state index in [4.69, 9.17) is 23.7 Å². The molecule has 1 heterocycles. The highest BCUT2D eigenvalue weighted by Crippen LogP contribution is 2.35. The summed E-state index contributed by atoms with van der Waals surface area (Å²) < 4.78 is 53.3. The summed E-state index contributed by atoms with van der Waals surface area (Å²) in [6.07, 6.45) is 0. The average molecular weight is 405 g/mol. The van der Waals surface area contributed by atoms with Gasteiger partial charge in [-0.1, -0.05) is 11.8 Å². The lowest BCUT2D eigenvalue weighted by Crippen LogP contribution is -2.24. The van der Waals surface area contributed by atoms with Gasteiger partial charge in [0.05, 0.1) is 25.7 Å². The molecule has 9 heteroatoms. The minimum Gasteiger partial charge on any atom is -0.493 e. The van der Waals surface area contributed by atoms with Crippen LogP contribution in [0.5, 0.6) is 28.7 Å². The predicted octanol–water partition coefficient (Wildman–Crippen LogP) is 1.79. The van der Waals surface area contributed by atoms with Crippen molar-refractivity contribution in [1.29, 1.82) is 0 Å². The summed E-state index contributed by atoms with van der Waals surface area (Å²) >= 11 is 0. The molecule has 2 aromatic carbocycles. The van der Waals surface area contributed by atoms with E-state index in [-0.39, 0.29) is 24.8 Å². The van der Waals surface area contributed by atoms with Gasteiger partial charge < -0.3 is 23.7 Å². The molecule has 0 aliphatic carbocycles. The van der Waals surface area contributed by atoms with Crippen LogP contribution in [0.25, 0.3) is 0 Å². The molecule has 0 atom stereocenters. The molecule has 0 amide bonds. The second-order valence-electron chi connectivity index (χ2n) is 5.50. The third-order valence-electron chi connectivity index (χ3n) is 3.80. The van der Waals surface area contributed by atoms with E-state index in [0.717, 1.165) is 0 Å². The number of ether oxygens (including phenoxy) is 5. The Hall–Kier alpha value is -3.09. The molecule has 1 aliphatic rings. The number of fused-ring (bicyclic) bond motifs is 1. The quantitative estimate of drug-likeness (QED) is 0.702. The van der Waals surface area contributed by atoms with E-state index in [0.29, 0.717) is 28.7 Å². The summed E-state index contributed by atoms with van der Waals surface area (Å²) in [6, 6.07) is 9.55. The first-order chi connectivity index (χ1) is 13.5. The molecule has 0 saturated heterocycles. The van der Waals surface area contributed by atoms with Gasteiger partial charge in [-0.3, -0.25) is 0 Å². The van der Waals surface area contributed by atoms with Gasteiger partial charge in [-0.25, -0.2) is 8.42 Å². The van der Waals surface area contributed by atoms with Crippen LogP contribution in [-0.2, 0) is 10.0 Å². The SMILES string of the molecule is COc1ccc(S(=O)(=O)NCC#CCOc2ccc3c(c2)OCO3)cc1OC. The zero-order valence-electron chi connectivity index (χ0n) is 15.4. The van der Waals surface area contributed by atoms with Crippen molar-refractivity contribution in [3.05, 3.63) is 36.4 Å². The summed E-state index contributed by atoms with van der Waals surface area (Å²) in [6.45, 7) is 0.248. The molecule has 0 radical (unpaired) electrons. The smallest absolute Gasteiger partial charge is 0.241 e. The molecule has 0 fully saturated rings. The maximum absolute atomic E-state index is 12.3. The molecular formula is C19H19NO7S. The third-order valence-corrected chi connectivity index (χ3v) is 5.19. The highest BCUT2D eigenvalue weighted by molar-refractivity contribution is 7.89. The average Bonchev–Trinajstić information content (AvgIpc) is 3.17. The van der Waals surface area contributed by atoms with Gasteiger partial charge in [-0.15, -0.1) is 0 Å². The fraction of sp³-hybridized carbons (Fsp3) is 0.263. The van der Waals surface area contributed by atoms with Gasteiger partial charge in [-0.05, 0) is 24.3 Å². The topological polar surface area (TPSA) is 92.3 Å². The van der Waals surface area contributed by atoms with Gasteiger partial charge in [0.25, 0.3) is 0 Å². The summed E-state index contributed by atoms with van der Waals surface area (Å²) in [5, 5.41) is 0. The molecule has 8 nitrogen and oxygen atoms in total. The Morgan fingerprint density at radius 3 is 2.57 bits per heavy atom. The van der Waals surface area contributed by atoms with Gasteiger partial charge >= 0.3 is 0 Å². The fourth-order valence-electron chi connectivity index (χ4n) is 2.40. The van der Waals surface area contributed by atoms with Crippen LogP contribution in [0.3, 0.4) is 0 Å². The first kappa shape index (κ1) is 19.7. The van der Waals surface area contributed by atoms with Crippen LogP contribution in [0.4, 0.5) is 0 Å².